The van der Waals surface area contributed by atoms with Gasteiger partial charge in [0, 0.05) is 5.02 Å². The largest absolute Gasteiger partial charge is 0.493 e. The second-order valence-corrected chi connectivity index (χ2v) is 6.36. The number of aryl methyl sites for hydroxylation is 1. The summed E-state index contributed by atoms with van der Waals surface area (Å²) in [4.78, 5) is 0. The van der Waals surface area contributed by atoms with E-state index in [1.807, 2.05) is 32.0 Å². The molecule has 4 heteroatoms. The molecule has 0 bridgehead atoms. The summed E-state index contributed by atoms with van der Waals surface area (Å²) in [6.07, 6.45) is 3.02. The molecule has 2 aromatic carbocycles. The Morgan fingerprint density at radius 3 is 2.52 bits per heavy atom. The minimum Gasteiger partial charge on any atom is -0.493 e. The van der Waals surface area contributed by atoms with Crippen LogP contribution in [0.4, 0.5) is 4.39 Å². The molecule has 1 atom stereocenters. The van der Waals surface area contributed by atoms with Crippen LogP contribution in [0, 0.1) is 5.82 Å². The first-order valence-corrected chi connectivity index (χ1v) is 9.35. The summed E-state index contributed by atoms with van der Waals surface area (Å²) in [5.74, 6) is 2.25. The highest BCUT2D eigenvalue weighted by Crippen LogP contribution is 2.34. The zero-order valence-electron chi connectivity index (χ0n) is 15.1. The Morgan fingerprint density at radius 1 is 1.00 bits per heavy atom. The molecule has 0 spiro atoms. The highest BCUT2D eigenvalue weighted by atomic mass is 35.5. The fourth-order valence-corrected chi connectivity index (χ4v) is 3.05. The number of halogens is 2. The molecule has 2 aliphatic rings. The second kappa shape index (κ2) is 9.67. The zero-order chi connectivity index (χ0) is 18.2. The monoisotopic (exact) mass is 364 g/mol. The Labute approximate surface area is 154 Å². The van der Waals surface area contributed by atoms with Crippen molar-refractivity contribution in [2.24, 2.45) is 0 Å². The molecule has 0 amide bonds. The van der Waals surface area contributed by atoms with Crippen LogP contribution in [0.5, 0.6) is 11.5 Å². The van der Waals surface area contributed by atoms with Crippen LogP contribution < -0.4 is 9.47 Å². The van der Waals surface area contributed by atoms with Gasteiger partial charge in [-0.1, -0.05) is 32.4 Å². The van der Waals surface area contributed by atoms with Gasteiger partial charge in [0.05, 0.1) is 13.2 Å². The molecule has 0 saturated heterocycles. The molecule has 0 radical (unpaired) electrons. The fourth-order valence-electron chi connectivity index (χ4n) is 2.87. The van der Waals surface area contributed by atoms with Gasteiger partial charge in [-0.05, 0) is 72.7 Å². The van der Waals surface area contributed by atoms with Crippen LogP contribution in [-0.2, 0) is 6.42 Å². The molecule has 0 unspecified atom stereocenters. The Morgan fingerprint density at radius 2 is 1.72 bits per heavy atom. The van der Waals surface area contributed by atoms with Crippen molar-refractivity contribution in [1.82, 2.24) is 0 Å². The summed E-state index contributed by atoms with van der Waals surface area (Å²) in [7, 11) is 0. The lowest BCUT2D eigenvalue weighted by Gasteiger charge is -2.22. The maximum Gasteiger partial charge on any atom is 0.123 e. The molecule has 25 heavy (non-hydrogen) atoms. The van der Waals surface area contributed by atoms with Crippen LogP contribution in [0.3, 0.4) is 0 Å². The average Bonchev–Trinajstić information content (AvgIpc) is 2.65. The van der Waals surface area contributed by atoms with Crippen molar-refractivity contribution < 1.29 is 13.9 Å². The van der Waals surface area contributed by atoms with Crippen LogP contribution in [0.25, 0.3) is 0 Å². The van der Waals surface area contributed by atoms with E-state index in [2.05, 4.69) is 6.92 Å². The third kappa shape index (κ3) is 5.37. The molecule has 2 heterocycles. The van der Waals surface area contributed by atoms with Gasteiger partial charge in [0.15, 0.2) is 0 Å². The molecule has 0 N–H and O–H groups in total. The predicted molar refractivity (Wildman–Crippen MR) is 102 cm³/mol. The van der Waals surface area contributed by atoms with Gasteiger partial charge < -0.3 is 9.47 Å². The van der Waals surface area contributed by atoms with Crippen molar-refractivity contribution in [1.29, 1.82) is 0 Å². The maximum absolute atomic E-state index is 12.6. The minimum atomic E-state index is -0.172. The van der Waals surface area contributed by atoms with Crippen molar-refractivity contribution in [2.45, 2.75) is 46.0 Å². The molecule has 0 aliphatic carbocycles. The number of rotatable bonds is 0. The molecule has 2 aromatic rings. The summed E-state index contributed by atoms with van der Waals surface area (Å²) in [5.41, 5.74) is 2.24. The zero-order valence-corrected chi connectivity index (χ0v) is 15.9. The third-order valence-corrected chi connectivity index (χ3v) is 4.42. The molecule has 2 nitrogen and oxygen atoms in total. The summed E-state index contributed by atoms with van der Waals surface area (Å²) in [6.45, 7) is 7.80. The van der Waals surface area contributed by atoms with Crippen molar-refractivity contribution in [3.05, 3.63) is 58.4 Å². The van der Waals surface area contributed by atoms with Crippen LogP contribution >= 0.6 is 11.6 Å². The molecule has 4 rings (SSSR count). The Balaban J connectivity index is 0.000000165. The lowest BCUT2D eigenvalue weighted by atomic mass is 9.95. The summed E-state index contributed by atoms with van der Waals surface area (Å²) in [6, 6.07) is 10.5. The summed E-state index contributed by atoms with van der Waals surface area (Å²) < 4.78 is 23.4. The van der Waals surface area contributed by atoms with Gasteiger partial charge in [-0.3, -0.25) is 0 Å². The quantitative estimate of drug-likeness (QED) is 0.538. The molecule has 0 fully saturated rings. The fraction of sp³-hybridized carbons (Fsp3) is 0.429. The van der Waals surface area contributed by atoms with Gasteiger partial charge >= 0.3 is 0 Å². The Bertz CT molecular complexity index is 688. The van der Waals surface area contributed by atoms with E-state index in [4.69, 9.17) is 21.1 Å². The van der Waals surface area contributed by atoms with Gasteiger partial charge in [-0.25, -0.2) is 4.39 Å². The van der Waals surface area contributed by atoms with Gasteiger partial charge in [0.2, 0.25) is 0 Å². The molecule has 0 aromatic heterocycles. The van der Waals surface area contributed by atoms with Crippen molar-refractivity contribution in [3.8, 4) is 11.5 Å². The molecule has 0 saturated carbocycles. The van der Waals surface area contributed by atoms with E-state index in [0.29, 0.717) is 5.92 Å². The van der Waals surface area contributed by atoms with Crippen LogP contribution in [0.15, 0.2) is 36.4 Å². The van der Waals surface area contributed by atoms with Crippen molar-refractivity contribution in [2.75, 3.05) is 13.2 Å². The lowest BCUT2D eigenvalue weighted by Crippen LogP contribution is -2.11. The van der Waals surface area contributed by atoms with Gasteiger partial charge in [0.1, 0.15) is 17.3 Å². The molecule has 2 aliphatic heterocycles. The van der Waals surface area contributed by atoms with E-state index >= 15 is 0 Å². The highest BCUT2D eigenvalue weighted by Gasteiger charge is 2.17. The van der Waals surface area contributed by atoms with Gasteiger partial charge in [-0.15, -0.1) is 0 Å². The van der Waals surface area contributed by atoms with Crippen molar-refractivity contribution in [3.63, 3.8) is 0 Å². The van der Waals surface area contributed by atoms with Crippen LogP contribution in [0.1, 0.15) is 50.7 Å². The van der Waals surface area contributed by atoms with E-state index in [1.165, 1.54) is 11.6 Å². The molecule has 136 valence electrons. The Hall–Kier alpha value is -1.74. The highest BCUT2D eigenvalue weighted by molar-refractivity contribution is 6.30. The van der Waals surface area contributed by atoms with E-state index in [-0.39, 0.29) is 5.82 Å². The van der Waals surface area contributed by atoms with E-state index in [9.17, 15) is 4.39 Å². The molecular weight excluding hydrogens is 339 g/mol. The standard InChI is InChI=1S/C10H11ClO.C9H9FO.C2H6/c1-7-4-5-12-10-3-2-8(11)6-9(7)10;10-8-3-4-9-7(6-8)2-1-5-11-9;1-2/h2-3,6-7H,4-5H2,1H3;3-4,6H,1-2,5H2;1-2H3/t7-;;/m1../s1. The first kappa shape index (κ1) is 19.6. The number of hydrogen-bond donors (Lipinski definition) is 0. The molecular formula is C21H26ClFO2. The minimum absolute atomic E-state index is 0.172. The average molecular weight is 365 g/mol. The third-order valence-electron chi connectivity index (χ3n) is 4.18. The Kier molecular flexibility index (Phi) is 7.57. The first-order valence-electron chi connectivity index (χ1n) is 8.97. The topological polar surface area (TPSA) is 18.5 Å². The lowest BCUT2D eigenvalue weighted by molar-refractivity contribution is 0.272. The van der Waals surface area contributed by atoms with Gasteiger partial charge in [0.25, 0.3) is 0 Å². The van der Waals surface area contributed by atoms with Crippen molar-refractivity contribution >= 4 is 11.6 Å². The van der Waals surface area contributed by atoms with E-state index in [0.717, 1.165) is 54.6 Å². The number of ether oxygens (including phenoxy) is 2. The normalized spacial score (nSPS) is 17.2. The van der Waals surface area contributed by atoms with Crippen LogP contribution in [-0.4, -0.2) is 13.2 Å². The van der Waals surface area contributed by atoms with E-state index < -0.39 is 0 Å². The predicted octanol–water partition coefficient (Wildman–Crippen LogP) is 6.40. The smallest absolute Gasteiger partial charge is 0.123 e. The van der Waals surface area contributed by atoms with Crippen LogP contribution in [0.2, 0.25) is 5.02 Å². The first-order chi connectivity index (χ1) is 12.1. The summed E-state index contributed by atoms with van der Waals surface area (Å²) >= 11 is 5.89. The number of hydrogen-bond acceptors (Lipinski definition) is 2. The SMILES string of the molecule is CC.C[C@@H]1CCOc2ccc(Cl)cc21.Fc1ccc2c(c1)CCCO2. The maximum atomic E-state index is 12.6. The number of benzene rings is 2. The number of fused-ring (bicyclic) bond motifs is 2. The summed E-state index contributed by atoms with van der Waals surface area (Å²) in [5, 5.41) is 0.797. The van der Waals surface area contributed by atoms with Gasteiger partial charge in [-0.2, -0.15) is 0 Å². The van der Waals surface area contributed by atoms with E-state index in [1.54, 1.807) is 12.1 Å². The second-order valence-electron chi connectivity index (χ2n) is 5.92.